The van der Waals surface area contributed by atoms with Crippen molar-refractivity contribution in [2.24, 2.45) is 11.7 Å². The highest BCUT2D eigenvalue weighted by Crippen LogP contribution is 2.37. The summed E-state index contributed by atoms with van der Waals surface area (Å²) in [5.74, 6) is 0.528. The Labute approximate surface area is 77.5 Å². The van der Waals surface area contributed by atoms with E-state index < -0.39 is 0 Å². The zero-order chi connectivity index (χ0) is 8.72. The summed E-state index contributed by atoms with van der Waals surface area (Å²) in [6.45, 7) is 2.17. The van der Waals surface area contributed by atoms with E-state index in [1.54, 1.807) is 0 Å². The summed E-state index contributed by atoms with van der Waals surface area (Å²) in [4.78, 5) is 0. The van der Waals surface area contributed by atoms with Gasteiger partial charge in [-0.3, -0.25) is 0 Å². The van der Waals surface area contributed by atoms with Gasteiger partial charge < -0.3 is 5.73 Å². The van der Waals surface area contributed by atoms with Crippen molar-refractivity contribution in [2.75, 3.05) is 0 Å². The molecule has 64 valence electrons. The van der Waals surface area contributed by atoms with Crippen LogP contribution in [0.25, 0.3) is 0 Å². The second kappa shape index (κ2) is 2.75. The minimum atomic E-state index is 0.179. The van der Waals surface area contributed by atoms with Gasteiger partial charge in [0.1, 0.15) is 0 Å². The second-order valence-electron chi connectivity index (χ2n) is 3.51. The average Bonchev–Trinajstić information content (AvgIpc) is 2.32. The van der Waals surface area contributed by atoms with E-state index in [1.165, 1.54) is 11.1 Å². The Balaban J connectivity index is 2.53. The van der Waals surface area contributed by atoms with Gasteiger partial charge in [-0.15, -0.1) is 0 Å². The van der Waals surface area contributed by atoms with Gasteiger partial charge in [0.05, 0.1) is 0 Å². The average molecular weight is 182 g/mol. The molecule has 0 aliphatic heterocycles. The topological polar surface area (TPSA) is 26.0 Å². The number of hydrogen-bond acceptors (Lipinski definition) is 1. The number of rotatable bonds is 0. The first-order valence-electron chi connectivity index (χ1n) is 4.23. The molecule has 0 bridgehead atoms. The first-order chi connectivity index (χ1) is 5.70. The van der Waals surface area contributed by atoms with Crippen LogP contribution in [0.3, 0.4) is 0 Å². The first kappa shape index (κ1) is 8.09. The third-order valence-electron chi connectivity index (χ3n) is 2.65. The fraction of sp³-hybridized carbons (Fsp3) is 0.400. The van der Waals surface area contributed by atoms with Crippen LogP contribution in [-0.2, 0) is 6.42 Å². The van der Waals surface area contributed by atoms with Crippen LogP contribution < -0.4 is 5.73 Å². The minimum absolute atomic E-state index is 0.179. The van der Waals surface area contributed by atoms with Crippen LogP contribution in [0, 0.1) is 5.92 Å². The molecule has 2 atom stereocenters. The van der Waals surface area contributed by atoms with Crippen LogP contribution >= 0.6 is 11.6 Å². The molecule has 2 N–H and O–H groups in total. The van der Waals surface area contributed by atoms with Gasteiger partial charge in [-0.1, -0.05) is 30.7 Å². The van der Waals surface area contributed by atoms with E-state index in [1.807, 2.05) is 12.1 Å². The molecule has 0 aromatic heterocycles. The lowest BCUT2D eigenvalue weighted by molar-refractivity contribution is 0.513. The summed E-state index contributed by atoms with van der Waals surface area (Å²) in [6, 6.07) is 6.17. The molecule has 2 rings (SSSR count). The molecular formula is C10H12ClN. The first-order valence-corrected chi connectivity index (χ1v) is 4.61. The number of halogens is 1. The van der Waals surface area contributed by atoms with Crippen LogP contribution in [0.15, 0.2) is 18.2 Å². The number of hydrogen-bond donors (Lipinski definition) is 1. The van der Waals surface area contributed by atoms with Crippen LogP contribution in [0.1, 0.15) is 24.1 Å². The van der Waals surface area contributed by atoms with E-state index >= 15 is 0 Å². The van der Waals surface area contributed by atoms with Gasteiger partial charge in [0.2, 0.25) is 0 Å². The molecule has 0 spiro atoms. The molecular weight excluding hydrogens is 170 g/mol. The summed E-state index contributed by atoms with van der Waals surface area (Å²) in [5.41, 5.74) is 8.48. The fourth-order valence-electron chi connectivity index (χ4n) is 1.86. The summed E-state index contributed by atoms with van der Waals surface area (Å²) in [7, 11) is 0. The summed E-state index contributed by atoms with van der Waals surface area (Å²) in [5, 5.41) is 0.868. The molecule has 0 radical (unpaired) electrons. The highest BCUT2D eigenvalue weighted by molar-refractivity contribution is 6.31. The molecule has 2 heteroatoms. The SMILES string of the molecule is C[C@@H]1Cc2c(Cl)cccc2C1N. The molecule has 0 heterocycles. The van der Waals surface area contributed by atoms with Crippen molar-refractivity contribution in [1.29, 1.82) is 0 Å². The van der Waals surface area contributed by atoms with Gasteiger partial charge in [0.25, 0.3) is 0 Å². The summed E-state index contributed by atoms with van der Waals surface area (Å²) < 4.78 is 0. The van der Waals surface area contributed by atoms with E-state index in [0.29, 0.717) is 5.92 Å². The lowest BCUT2D eigenvalue weighted by Crippen LogP contribution is -2.13. The Hall–Kier alpha value is -0.530. The monoisotopic (exact) mass is 181 g/mol. The zero-order valence-electron chi connectivity index (χ0n) is 7.05. The van der Waals surface area contributed by atoms with Crippen LogP contribution in [0.4, 0.5) is 0 Å². The molecule has 1 aliphatic rings. The van der Waals surface area contributed by atoms with E-state index in [4.69, 9.17) is 17.3 Å². The van der Waals surface area contributed by atoms with Crippen molar-refractivity contribution >= 4 is 11.6 Å². The largest absolute Gasteiger partial charge is 0.324 e. The number of nitrogens with two attached hydrogens (primary N) is 1. The maximum atomic E-state index is 6.04. The Kier molecular flexibility index (Phi) is 1.85. The molecule has 12 heavy (non-hydrogen) atoms. The third-order valence-corrected chi connectivity index (χ3v) is 3.01. The second-order valence-corrected chi connectivity index (χ2v) is 3.92. The smallest absolute Gasteiger partial charge is 0.0441 e. The lowest BCUT2D eigenvalue weighted by atomic mass is 10.0. The van der Waals surface area contributed by atoms with Gasteiger partial charge in [-0.2, -0.15) is 0 Å². The Bertz CT molecular complexity index is 309. The van der Waals surface area contributed by atoms with Gasteiger partial charge in [-0.05, 0) is 29.5 Å². The summed E-state index contributed by atoms with van der Waals surface area (Å²) in [6.07, 6.45) is 1.02. The molecule has 1 nitrogen and oxygen atoms in total. The Morgan fingerprint density at radius 3 is 2.92 bits per heavy atom. The van der Waals surface area contributed by atoms with E-state index in [-0.39, 0.29) is 6.04 Å². The molecule has 0 amide bonds. The normalized spacial score (nSPS) is 27.2. The quantitative estimate of drug-likeness (QED) is 0.654. The van der Waals surface area contributed by atoms with Crippen LogP contribution in [0.2, 0.25) is 5.02 Å². The van der Waals surface area contributed by atoms with Crippen molar-refractivity contribution in [3.63, 3.8) is 0 Å². The molecule has 1 unspecified atom stereocenters. The van der Waals surface area contributed by atoms with Crippen molar-refractivity contribution in [3.05, 3.63) is 34.3 Å². The van der Waals surface area contributed by atoms with E-state index in [0.717, 1.165) is 11.4 Å². The number of benzene rings is 1. The molecule has 1 aromatic rings. The van der Waals surface area contributed by atoms with Crippen molar-refractivity contribution in [1.82, 2.24) is 0 Å². The van der Waals surface area contributed by atoms with Gasteiger partial charge in [-0.25, -0.2) is 0 Å². The van der Waals surface area contributed by atoms with Gasteiger partial charge in [0, 0.05) is 11.1 Å². The predicted molar refractivity (Wildman–Crippen MR) is 51.2 cm³/mol. The van der Waals surface area contributed by atoms with E-state index in [2.05, 4.69) is 13.0 Å². The predicted octanol–water partition coefficient (Wildman–Crippen LogP) is 2.53. The molecule has 1 aliphatic carbocycles. The third kappa shape index (κ3) is 1.05. The zero-order valence-corrected chi connectivity index (χ0v) is 7.81. The highest BCUT2D eigenvalue weighted by atomic mass is 35.5. The summed E-state index contributed by atoms with van der Waals surface area (Å²) >= 11 is 6.04. The van der Waals surface area contributed by atoms with Crippen LogP contribution in [0.5, 0.6) is 0 Å². The molecule has 0 saturated heterocycles. The van der Waals surface area contributed by atoms with Gasteiger partial charge in [0.15, 0.2) is 0 Å². The maximum absolute atomic E-state index is 6.04. The van der Waals surface area contributed by atoms with Crippen LogP contribution in [-0.4, -0.2) is 0 Å². The minimum Gasteiger partial charge on any atom is -0.324 e. The highest BCUT2D eigenvalue weighted by Gasteiger charge is 2.27. The number of fused-ring (bicyclic) bond motifs is 1. The standard InChI is InChI=1S/C10H12ClN/c1-6-5-8-7(10(6)12)3-2-4-9(8)11/h2-4,6,10H,5,12H2,1H3/t6-,10?/m1/s1. The fourth-order valence-corrected chi connectivity index (χ4v) is 2.12. The lowest BCUT2D eigenvalue weighted by Gasteiger charge is -2.08. The Morgan fingerprint density at radius 2 is 2.25 bits per heavy atom. The van der Waals surface area contributed by atoms with E-state index in [9.17, 15) is 0 Å². The molecule has 0 saturated carbocycles. The molecule has 0 fully saturated rings. The van der Waals surface area contributed by atoms with Gasteiger partial charge >= 0.3 is 0 Å². The Morgan fingerprint density at radius 1 is 1.50 bits per heavy atom. The molecule has 1 aromatic carbocycles. The maximum Gasteiger partial charge on any atom is 0.0441 e. The van der Waals surface area contributed by atoms with Crippen molar-refractivity contribution in [3.8, 4) is 0 Å². The van der Waals surface area contributed by atoms with Crippen molar-refractivity contribution in [2.45, 2.75) is 19.4 Å². The van der Waals surface area contributed by atoms with Crippen molar-refractivity contribution < 1.29 is 0 Å².